The van der Waals surface area contributed by atoms with Gasteiger partial charge in [0.2, 0.25) is 5.91 Å². The summed E-state index contributed by atoms with van der Waals surface area (Å²) >= 11 is 1.64. The lowest BCUT2D eigenvalue weighted by Gasteiger charge is -2.24. The molecule has 6 nitrogen and oxygen atoms in total. The summed E-state index contributed by atoms with van der Waals surface area (Å²) in [5.74, 6) is 1.14. The second kappa shape index (κ2) is 10.9. The zero-order valence-electron chi connectivity index (χ0n) is 15.4. The molecule has 0 aliphatic carbocycles. The summed E-state index contributed by atoms with van der Waals surface area (Å²) in [6, 6.07) is 0. The van der Waals surface area contributed by atoms with E-state index in [-0.39, 0.29) is 29.9 Å². The third kappa shape index (κ3) is 7.33. The second-order valence-corrected chi connectivity index (χ2v) is 7.29. The number of hydrogen-bond acceptors (Lipinski definition) is 4. The summed E-state index contributed by atoms with van der Waals surface area (Å²) in [4.78, 5) is 20.8. The molecule has 0 aliphatic rings. The van der Waals surface area contributed by atoms with E-state index in [2.05, 4.69) is 45.2 Å². The lowest BCUT2D eigenvalue weighted by molar-refractivity contribution is -0.128. The Bertz CT molecular complexity index is 542. The normalized spacial score (nSPS) is 11.9. The fourth-order valence-electron chi connectivity index (χ4n) is 1.84. The highest BCUT2D eigenvalue weighted by Gasteiger charge is 2.27. The Morgan fingerprint density at radius 2 is 2.00 bits per heavy atom. The number of halogens is 1. The molecule has 1 aromatic heterocycles. The molecule has 1 aromatic rings. The van der Waals surface area contributed by atoms with Crippen molar-refractivity contribution in [3.63, 3.8) is 0 Å². The largest absolute Gasteiger partial charge is 0.356 e. The van der Waals surface area contributed by atoms with Crippen LogP contribution in [0.3, 0.4) is 0 Å². The Kier molecular flexibility index (Phi) is 10.5. The van der Waals surface area contributed by atoms with Gasteiger partial charge in [0.1, 0.15) is 5.01 Å². The van der Waals surface area contributed by atoms with Crippen molar-refractivity contribution in [2.75, 3.05) is 20.1 Å². The molecule has 0 unspecified atom stereocenters. The topological polar surface area (TPSA) is 78.4 Å². The number of amides is 1. The maximum Gasteiger partial charge on any atom is 0.227 e. The van der Waals surface area contributed by atoms with Gasteiger partial charge < -0.3 is 16.0 Å². The zero-order chi connectivity index (χ0) is 17.5. The van der Waals surface area contributed by atoms with Crippen LogP contribution >= 0.6 is 35.3 Å². The molecule has 0 saturated heterocycles. The van der Waals surface area contributed by atoms with Gasteiger partial charge in [-0.1, -0.05) is 13.8 Å². The molecule has 3 N–H and O–H groups in total. The average molecular weight is 467 g/mol. The first-order valence-electron chi connectivity index (χ1n) is 7.97. The first kappa shape index (κ1) is 23.1. The van der Waals surface area contributed by atoms with Gasteiger partial charge in [0, 0.05) is 25.5 Å². The van der Waals surface area contributed by atoms with Gasteiger partial charge in [-0.15, -0.1) is 35.3 Å². The molecule has 8 heteroatoms. The molecule has 0 saturated carbocycles. The van der Waals surface area contributed by atoms with Crippen LogP contribution in [0.2, 0.25) is 0 Å². The van der Waals surface area contributed by atoms with Crippen molar-refractivity contribution in [3.8, 4) is 0 Å². The predicted octanol–water partition coefficient (Wildman–Crippen LogP) is 2.71. The van der Waals surface area contributed by atoms with Crippen molar-refractivity contribution in [1.82, 2.24) is 20.9 Å². The van der Waals surface area contributed by atoms with Gasteiger partial charge >= 0.3 is 0 Å². The van der Waals surface area contributed by atoms with Crippen LogP contribution in [0.1, 0.15) is 51.2 Å². The molecule has 0 atom stereocenters. The number of guanidine groups is 1. The number of aromatic nitrogens is 1. The average Bonchev–Trinajstić information content (AvgIpc) is 2.96. The quantitative estimate of drug-likeness (QED) is 0.328. The summed E-state index contributed by atoms with van der Waals surface area (Å²) in [6.07, 6.45) is 0. The minimum atomic E-state index is -0.500. The Labute approximate surface area is 166 Å². The summed E-state index contributed by atoms with van der Waals surface area (Å²) in [5, 5.41) is 12.4. The van der Waals surface area contributed by atoms with Crippen LogP contribution in [-0.4, -0.2) is 37.0 Å². The van der Waals surface area contributed by atoms with Crippen molar-refractivity contribution >= 4 is 47.2 Å². The first-order chi connectivity index (χ1) is 10.8. The Morgan fingerprint density at radius 3 is 2.50 bits per heavy atom. The van der Waals surface area contributed by atoms with Crippen LogP contribution < -0.4 is 16.0 Å². The maximum atomic E-state index is 12.0. The van der Waals surface area contributed by atoms with Crippen molar-refractivity contribution in [2.24, 2.45) is 10.4 Å². The highest BCUT2D eigenvalue weighted by atomic mass is 127. The van der Waals surface area contributed by atoms with Crippen LogP contribution in [0.25, 0.3) is 0 Å². The van der Waals surface area contributed by atoms with E-state index in [4.69, 9.17) is 0 Å². The van der Waals surface area contributed by atoms with Crippen LogP contribution in [0.4, 0.5) is 0 Å². The molecule has 1 amide bonds. The lowest BCUT2D eigenvalue weighted by atomic mass is 9.92. The van der Waals surface area contributed by atoms with Gasteiger partial charge in [0.15, 0.2) is 5.96 Å². The number of hydrogen-bond donors (Lipinski definition) is 3. The molecule has 0 aliphatic heterocycles. The van der Waals surface area contributed by atoms with Crippen LogP contribution in [0, 0.1) is 5.41 Å². The third-order valence-corrected chi connectivity index (χ3v) is 4.31. The third-order valence-electron chi connectivity index (χ3n) is 3.44. The number of rotatable bonds is 7. The van der Waals surface area contributed by atoms with Gasteiger partial charge in [-0.2, -0.15) is 0 Å². The highest BCUT2D eigenvalue weighted by molar-refractivity contribution is 14.0. The molecular formula is C16H30IN5OS. The van der Waals surface area contributed by atoms with Gasteiger partial charge in [-0.25, -0.2) is 4.98 Å². The highest BCUT2D eigenvalue weighted by Crippen LogP contribution is 2.17. The molecule has 0 spiro atoms. The maximum absolute atomic E-state index is 12.0. The molecule has 138 valence electrons. The van der Waals surface area contributed by atoms with E-state index in [9.17, 15) is 4.79 Å². The Hall–Kier alpha value is -0.900. The Balaban J connectivity index is 0.00000529. The van der Waals surface area contributed by atoms with Crippen molar-refractivity contribution in [1.29, 1.82) is 0 Å². The van der Waals surface area contributed by atoms with E-state index in [0.717, 1.165) is 10.7 Å². The number of carbonyl (C=O) groups excluding carboxylic acids is 1. The molecule has 24 heavy (non-hydrogen) atoms. The number of nitrogens with zero attached hydrogens (tertiary/aromatic N) is 2. The molecule has 0 fully saturated rings. The van der Waals surface area contributed by atoms with E-state index in [1.807, 2.05) is 20.8 Å². The lowest BCUT2D eigenvalue weighted by Crippen LogP contribution is -2.47. The number of nitrogens with one attached hydrogen (secondary N) is 3. The molecule has 0 aromatic carbocycles. The summed E-state index contributed by atoms with van der Waals surface area (Å²) in [6.45, 7) is 11.8. The zero-order valence-corrected chi connectivity index (χ0v) is 18.5. The van der Waals surface area contributed by atoms with E-state index < -0.39 is 5.41 Å². The van der Waals surface area contributed by atoms with Gasteiger partial charge in [0.05, 0.1) is 17.7 Å². The number of thiazole rings is 1. The monoisotopic (exact) mass is 467 g/mol. The molecular weight excluding hydrogens is 437 g/mol. The van der Waals surface area contributed by atoms with Crippen molar-refractivity contribution in [2.45, 2.75) is 47.1 Å². The van der Waals surface area contributed by atoms with E-state index in [1.54, 1.807) is 18.4 Å². The standard InChI is InChI=1S/C16H29N5OS.HI/c1-7-18-14(22)16(4,5)10-20-15(17-6)19-8-13-21-12(9-23-13)11(2)3;/h9,11H,7-8,10H2,1-6H3,(H,18,22)(H2,17,19,20);1H. The summed E-state index contributed by atoms with van der Waals surface area (Å²) in [5.41, 5.74) is 0.617. The second-order valence-electron chi connectivity index (χ2n) is 6.34. The van der Waals surface area contributed by atoms with Crippen molar-refractivity contribution in [3.05, 3.63) is 16.1 Å². The smallest absolute Gasteiger partial charge is 0.227 e. The molecule has 1 rings (SSSR count). The van der Waals surface area contributed by atoms with Crippen molar-refractivity contribution < 1.29 is 4.79 Å². The molecule has 0 radical (unpaired) electrons. The fourth-order valence-corrected chi connectivity index (χ4v) is 2.73. The SMILES string of the molecule is CCNC(=O)C(C)(C)CNC(=NC)NCc1nc(C(C)C)cs1.I. The van der Waals surface area contributed by atoms with Gasteiger partial charge in [-0.05, 0) is 26.7 Å². The fraction of sp³-hybridized carbons (Fsp3) is 0.688. The van der Waals surface area contributed by atoms with E-state index in [1.165, 1.54) is 0 Å². The predicted molar refractivity (Wildman–Crippen MR) is 112 cm³/mol. The minimum absolute atomic E-state index is 0. The summed E-state index contributed by atoms with van der Waals surface area (Å²) in [7, 11) is 1.72. The molecule has 1 heterocycles. The Morgan fingerprint density at radius 1 is 1.33 bits per heavy atom. The first-order valence-corrected chi connectivity index (χ1v) is 8.85. The minimum Gasteiger partial charge on any atom is -0.356 e. The number of aliphatic imine (C=N–C) groups is 1. The van der Waals surface area contributed by atoms with Crippen LogP contribution in [0.15, 0.2) is 10.4 Å². The van der Waals surface area contributed by atoms with Gasteiger partial charge in [-0.3, -0.25) is 9.79 Å². The van der Waals surface area contributed by atoms with Crippen LogP contribution in [-0.2, 0) is 11.3 Å². The van der Waals surface area contributed by atoms with E-state index in [0.29, 0.717) is 31.5 Å². The van der Waals surface area contributed by atoms with Crippen LogP contribution in [0.5, 0.6) is 0 Å². The van der Waals surface area contributed by atoms with Gasteiger partial charge in [0.25, 0.3) is 0 Å². The summed E-state index contributed by atoms with van der Waals surface area (Å²) < 4.78 is 0. The van der Waals surface area contributed by atoms with E-state index >= 15 is 0 Å². The number of carbonyl (C=O) groups is 1. The molecule has 0 bridgehead atoms.